The van der Waals surface area contributed by atoms with Crippen molar-refractivity contribution in [1.29, 1.82) is 0 Å². The van der Waals surface area contributed by atoms with Crippen LogP contribution >= 0.6 is 27.5 Å². The van der Waals surface area contributed by atoms with Gasteiger partial charge in [0.2, 0.25) is 0 Å². The fourth-order valence-electron chi connectivity index (χ4n) is 4.57. The highest BCUT2D eigenvalue weighted by Crippen LogP contribution is 2.49. The molecule has 1 N–H and O–H groups in total. The fraction of sp³-hybridized carbons (Fsp3) is 0.219. The number of amides is 1. The van der Waals surface area contributed by atoms with Crippen molar-refractivity contribution in [2.45, 2.75) is 22.2 Å². The molecule has 12 nitrogen and oxygen atoms in total. The van der Waals surface area contributed by atoms with E-state index in [9.17, 15) is 19.2 Å². The molecule has 4 atom stereocenters. The second-order valence-electron chi connectivity index (χ2n) is 9.91. The molecule has 0 bridgehead atoms. The van der Waals surface area contributed by atoms with E-state index in [0.29, 0.717) is 17.1 Å². The number of anilines is 1. The first-order valence-corrected chi connectivity index (χ1v) is 14.9. The molecule has 2 heterocycles. The first-order chi connectivity index (χ1) is 22.1. The van der Waals surface area contributed by atoms with Crippen molar-refractivity contribution < 1.29 is 38.1 Å². The summed E-state index contributed by atoms with van der Waals surface area (Å²) in [5.74, 6) is -0.806. The van der Waals surface area contributed by atoms with Crippen molar-refractivity contribution in [3.05, 3.63) is 118 Å². The van der Waals surface area contributed by atoms with E-state index >= 15 is 0 Å². The molecule has 1 aliphatic heterocycles. The maximum absolute atomic E-state index is 13.2. The van der Waals surface area contributed by atoms with Gasteiger partial charge in [0.25, 0.3) is 5.91 Å². The Morgan fingerprint density at radius 1 is 0.891 bits per heavy atom. The molecule has 4 aromatic rings. The highest BCUT2D eigenvalue weighted by Gasteiger charge is 2.58. The number of rotatable bonds is 10. The number of nitrogens with zero attached hydrogens (tertiary/aromatic N) is 2. The highest BCUT2D eigenvalue weighted by atomic mass is 79.9. The zero-order valence-corrected chi connectivity index (χ0v) is 26.8. The Bertz CT molecular complexity index is 1770. The van der Waals surface area contributed by atoms with Crippen molar-refractivity contribution >= 4 is 51.2 Å². The van der Waals surface area contributed by atoms with Gasteiger partial charge in [-0.1, -0.05) is 45.7 Å². The number of nitrogens with one attached hydrogen (secondary N) is 1. The molecule has 5 rings (SSSR count). The van der Waals surface area contributed by atoms with Crippen LogP contribution in [0.1, 0.15) is 37.3 Å². The van der Waals surface area contributed by atoms with E-state index in [4.69, 9.17) is 35.3 Å². The summed E-state index contributed by atoms with van der Waals surface area (Å²) in [6, 6.07) is 22.3. The lowest BCUT2D eigenvalue weighted by Crippen LogP contribution is -2.43. The molecule has 0 spiro atoms. The Balaban J connectivity index is 1.38. The molecule has 1 aromatic heterocycles. The van der Waals surface area contributed by atoms with Crippen LogP contribution < -0.4 is 20.5 Å². The number of carbonyl (C=O) groups is 3. The van der Waals surface area contributed by atoms with E-state index < -0.39 is 52.4 Å². The molecule has 1 fully saturated rings. The van der Waals surface area contributed by atoms with E-state index in [-0.39, 0.29) is 16.9 Å². The van der Waals surface area contributed by atoms with Gasteiger partial charge < -0.3 is 29.0 Å². The zero-order chi connectivity index (χ0) is 32.8. The molecular weight excluding hydrogens is 686 g/mol. The molecule has 46 heavy (non-hydrogen) atoms. The van der Waals surface area contributed by atoms with Gasteiger partial charge in [-0.05, 0) is 66.7 Å². The average Bonchev–Trinajstić information content (AvgIpc) is 3.32. The largest absolute Gasteiger partial charge is 0.497 e. The van der Waals surface area contributed by atoms with Gasteiger partial charge in [-0.25, -0.2) is 14.4 Å². The summed E-state index contributed by atoms with van der Waals surface area (Å²) in [4.78, 5) is 55.7. The molecule has 1 saturated heterocycles. The minimum absolute atomic E-state index is 0.00435. The SMILES string of the molecule is COc1ccc(C(=O)OC[C@H]2OC(n3ccc(NC(=O)c4ccccc4)nc3=O)[C@@](Cl)(Br)[C@@H]2OC(=O)c2ccc(OC)cc2)cc1. The van der Waals surface area contributed by atoms with E-state index in [1.54, 1.807) is 54.6 Å². The van der Waals surface area contributed by atoms with Crippen molar-refractivity contribution in [1.82, 2.24) is 9.55 Å². The molecular formula is C32H27BrClN3O9. The van der Waals surface area contributed by atoms with Gasteiger partial charge in [0, 0.05) is 11.8 Å². The second kappa shape index (κ2) is 14.1. The van der Waals surface area contributed by atoms with Gasteiger partial charge in [-0.3, -0.25) is 9.36 Å². The molecule has 0 saturated carbocycles. The summed E-state index contributed by atoms with van der Waals surface area (Å²) in [7, 11) is 3.00. The van der Waals surface area contributed by atoms with E-state index in [0.717, 1.165) is 4.57 Å². The number of benzene rings is 3. The van der Waals surface area contributed by atoms with Gasteiger partial charge in [0.1, 0.15) is 30.0 Å². The van der Waals surface area contributed by atoms with Crippen molar-refractivity contribution in [3.8, 4) is 11.5 Å². The first-order valence-electron chi connectivity index (χ1n) is 13.8. The summed E-state index contributed by atoms with van der Waals surface area (Å²) >= 11 is 10.3. The minimum atomic E-state index is -1.73. The number of methoxy groups -OCH3 is 2. The molecule has 1 aliphatic rings. The van der Waals surface area contributed by atoms with Crippen LogP contribution in [0.2, 0.25) is 0 Å². The van der Waals surface area contributed by atoms with E-state index in [2.05, 4.69) is 26.2 Å². The summed E-state index contributed by atoms with van der Waals surface area (Å²) < 4.78 is 27.0. The molecule has 14 heteroatoms. The number of aromatic nitrogens is 2. The predicted molar refractivity (Wildman–Crippen MR) is 170 cm³/mol. The summed E-state index contributed by atoms with van der Waals surface area (Å²) in [6.07, 6.45) is -2.38. The van der Waals surface area contributed by atoms with Crippen LogP contribution in [0.25, 0.3) is 0 Å². The molecule has 1 amide bonds. The predicted octanol–water partition coefficient (Wildman–Crippen LogP) is 4.82. The summed E-state index contributed by atoms with van der Waals surface area (Å²) in [6.45, 7) is -0.393. The van der Waals surface area contributed by atoms with Crippen molar-refractivity contribution in [2.24, 2.45) is 0 Å². The molecule has 1 unspecified atom stereocenters. The number of halogens is 2. The zero-order valence-electron chi connectivity index (χ0n) is 24.4. The topological polar surface area (TPSA) is 144 Å². The Labute approximate surface area is 276 Å². The van der Waals surface area contributed by atoms with Gasteiger partial charge >= 0.3 is 17.6 Å². The smallest absolute Gasteiger partial charge is 0.351 e. The Morgan fingerprint density at radius 2 is 1.48 bits per heavy atom. The standard InChI is InChI=1S/C32H27BrClN3O9/c1-42-22-12-8-20(9-13-22)28(39)44-18-24-26(46-29(40)21-10-14-23(43-2)15-11-21)32(33,34)30(45-24)37-17-16-25(36-31(37)41)35-27(38)19-6-4-3-5-7-19/h3-17,24,26,30H,18H2,1-2H3,(H,35,36,38,41)/t24-,26-,30?,32-/m1/s1. The first kappa shape index (κ1) is 32.7. The highest BCUT2D eigenvalue weighted by molar-refractivity contribution is 9.10. The number of hydrogen-bond donors (Lipinski definition) is 1. The normalized spacial score (nSPS) is 20.4. The van der Waals surface area contributed by atoms with E-state index in [1.807, 2.05) is 0 Å². The maximum atomic E-state index is 13.2. The van der Waals surface area contributed by atoms with Gasteiger partial charge in [0.15, 0.2) is 16.1 Å². The van der Waals surface area contributed by atoms with Crippen molar-refractivity contribution in [3.63, 3.8) is 0 Å². The average molecular weight is 713 g/mol. The maximum Gasteiger partial charge on any atom is 0.351 e. The molecule has 3 aromatic carbocycles. The third kappa shape index (κ3) is 7.22. The Morgan fingerprint density at radius 3 is 2.04 bits per heavy atom. The van der Waals surface area contributed by atoms with Gasteiger partial charge in [-0.15, -0.1) is 0 Å². The van der Waals surface area contributed by atoms with Gasteiger partial charge in [-0.2, -0.15) is 4.98 Å². The fourth-order valence-corrected chi connectivity index (χ4v) is 5.62. The lowest BCUT2D eigenvalue weighted by Gasteiger charge is -2.27. The summed E-state index contributed by atoms with van der Waals surface area (Å²) in [5, 5.41) is 2.57. The summed E-state index contributed by atoms with van der Waals surface area (Å²) in [5.41, 5.74) is -0.0139. The molecule has 0 aliphatic carbocycles. The van der Waals surface area contributed by atoms with Crippen LogP contribution in [0.15, 0.2) is 95.9 Å². The van der Waals surface area contributed by atoms with Crippen LogP contribution in [-0.4, -0.2) is 64.2 Å². The van der Waals surface area contributed by atoms with Crippen LogP contribution in [0.4, 0.5) is 5.82 Å². The van der Waals surface area contributed by atoms with Crippen LogP contribution in [-0.2, 0) is 14.2 Å². The van der Waals surface area contributed by atoms with Crippen LogP contribution in [0, 0.1) is 0 Å². The van der Waals surface area contributed by atoms with Crippen LogP contribution in [0.3, 0.4) is 0 Å². The lowest BCUT2D eigenvalue weighted by atomic mass is 10.1. The Kier molecular flexibility index (Phi) is 10.0. The second-order valence-corrected chi connectivity index (χ2v) is 12.3. The number of esters is 2. The van der Waals surface area contributed by atoms with Crippen molar-refractivity contribution in [2.75, 3.05) is 26.1 Å². The van der Waals surface area contributed by atoms with E-state index in [1.165, 1.54) is 50.7 Å². The lowest BCUT2D eigenvalue weighted by molar-refractivity contribution is -0.0582. The van der Waals surface area contributed by atoms with Gasteiger partial charge in [0.05, 0.1) is 25.3 Å². The quantitative estimate of drug-likeness (QED) is 0.180. The number of carbonyl (C=O) groups excluding carboxylic acids is 3. The molecule has 0 radical (unpaired) electrons. The number of hydrogen-bond acceptors (Lipinski definition) is 10. The Hall–Kier alpha value is -4.72. The third-order valence-electron chi connectivity index (χ3n) is 6.97. The minimum Gasteiger partial charge on any atom is -0.497 e. The monoisotopic (exact) mass is 711 g/mol. The number of ether oxygens (including phenoxy) is 5. The van der Waals surface area contributed by atoms with Crippen LogP contribution in [0.5, 0.6) is 11.5 Å². The third-order valence-corrected chi connectivity index (χ3v) is 8.22. The molecule has 238 valence electrons. The number of alkyl halides is 2.